The smallest absolute Gasteiger partial charge is 0.305 e. The van der Waals surface area contributed by atoms with Crippen LogP contribution < -0.4 is 5.32 Å². The van der Waals surface area contributed by atoms with Crippen molar-refractivity contribution in [2.24, 2.45) is 0 Å². The average Bonchev–Trinajstić information content (AvgIpc) is 3.37. The van der Waals surface area contributed by atoms with Gasteiger partial charge in [0.25, 0.3) is 0 Å². The lowest BCUT2D eigenvalue weighted by Crippen LogP contribution is -2.45. The van der Waals surface area contributed by atoms with Gasteiger partial charge in [-0.05, 0) is 83.5 Å². The molecule has 0 saturated heterocycles. The van der Waals surface area contributed by atoms with Crippen molar-refractivity contribution < 1.29 is 24.5 Å². The lowest BCUT2D eigenvalue weighted by molar-refractivity contribution is -0.143. The van der Waals surface area contributed by atoms with Crippen LogP contribution in [-0.2, 0) is 14.3 Å². The molecule has 2 atom stereocenters. The van der Waals surface area contributed by atoms with Crippen molar-refractivity contribution >= 4 is 11.9 Å². The zero-order chi connectivity index (χ0) is 51.4. The fraction of sp³-hybridized carbons (Fsp3) is 0.877. The van der Waals surface area contributed by atoms with Gasteiger partial charge in [0.15, 0.2) is 0 Å². The Kier molecular flexibility index (Phi) is 59.0. The second kappa shape index (κ2) is 60.6. The van der Waals surface area contributed by atoms with Crippen LogP contribution in [0.3, 0.4) is 0 Å². The number of unbranched alkanes of at least 4 members (excludes halogenated alkanes) is 44. The van der Waals surface area contributed by atoms with E-state index in [9.17, 15) is 19.8 Å². The highest BCUT2D eigenvalue weighted by molar-refractivity contribution is 5.76. The summed E-state index contributed by atoms with van der Waals surface area (Å²) in [5.74, 6) is -0.0755. The van der Waals surface area contributed by atoms with Gasteiger partial charge < -0.3 is 20.3 Å². The van der Waals surface area contributed by atoms with E-state index >= 15 is 0 Å². The molecule has 0 bridgehead atoms. The van der Waals surface area contributed by atoms with Crippen LogP contribution in [0.2, 0.25) is 0 Å². The summed E-state index contributed by atoms with van der Waals surface area (Å²) in [5.41, 5.74) is 0. The van der Waals surface area contributed by atoms with Gasteiger partial charge in [-0.1, -0.05) is 281 Å². The number of aliphatic hydroxyl groups excluding tert-OH is 2. The van der Waals surface area contributed by atoms with Crippen LogP contribution in [0.1, 0.15) is 341 Å². The van der Waals surface area contributed by atoms with Crippen LogP contribution >= 0.6 is 0 Å². The highest BCUT2D eigenvalue weighted by Gasteiger charge is 2.18. The molecule has 6 nitrogen and oxygen atoms in total. The maximum atomic E-state index is 12.5. The van der Waals surface area contributed by atoms with Crippen LogP contribution in [0.4, 0.5) is 0 Å². The van der Waals surface area contributed by atoms with Crippen molar-refractivity contribution in [2.75, 3.05) is 13.2 Å². The molecule has 2 unspecified atom stereocenters. The van der Waals surface area contributed by atoms with Gasteiger partial charge in [0.05, 0.1) is 25.4 Å². The molecule has 0 aliphatic heterocycles. The Hall–Kier alpha value is -1.92. The Balaban J connectivity index is 3.45. The van der Waals surface area contributed by atoms with Crippen LogP contribution in [-0.4, -0.2) is 47.4 Å². The van der Waals surface area contributed by atoms with Gasteiger partial charge in [-0.15, -0.1) is 0 Å². The number of allylic oxidation sites excluding steroid dienone is 5. The van der Waals surface area contributed by atoms with Gasteiger partial charge in [-0.25, -0.2) is 0 Å². The van der Waals surface area contributed by atoms with Crippen molar-refractivity contribution in [3.05, 3.63) is 36.5 Å². The summed E-state index contributed by atoms with van der Waals surface area (Å²) in [6, 6.07) is -0.636. The number of hydrogen-bond acceptors (Lipinski definition) is 5. The first-order valence-electron chi connectivity index (χ1n) is 31.8. The van der Waals surface area contributed by atoms with Crippen LogP contribution in [0, 0.1) is 0 Å². The lowest BCUT2D eigenvalue weighted by Gasteiger charge is -2.20. The second-order valence-electron chi connectivity index (χ2n) is 21.7. The fourth-order valence-corrected chi connectivity index (χ4v) is 9.74. The molecule has 0 aromatic heterocycles. The molecule has 0 saturated carbocycles. The largest absolute Gasteiger partial charge is 0.466 e. The molecule has 0 aliphatic rings. The molecule has 6 heteroatoms. The first kappa shape index (κ1) is 69.1. The van der Waals surface area contributed by atoms with Gasteiger partial charge >= 0.3 is 5.97 Å². The van der Waals surface area contributed by atoms with E-state index in [4.69, 9.17) is 4.74 Å². The van der Waals surface area contributed by atoms with E-state index in [1.165, 1.54) is 263 Å². The molecule has 71 heavy (non-hydrogen) atoms. The summed E-state index contributed by atoms with van der Waals surface area (Å²) in [6.45, 7) is 4.91. The molecule has 0 aliphatic carbocycles. The Morgan fingerprint density at radius 2 is 0.662 bits per heavy atom. The third-order valence-electron chi connectivity index (χ3n) is 14.6. The number of hydrogen-bond donors (Lipinski definition) is 3. The normalized spacial score (nSPS) is 12.8. The third kappa shape index (κ3) is 57.2. The SMILES string of the molecule is CCCCCCCCC/C=C\CCCCCCCCCC(=O)OCCCCCCCCCC/C=C\CCCCCCCCCC(=O)NC(CO)C(O)/C=C/CCCCCCCCCCCCCCCCC. The molecule has 418 valence electrons. The monoisotopic (exact) mass is 998 g/mol. The molecule has 0 fully saturated rings. The van der Waals surface area contributed by atoms with Crippen molar-refractivity contribution in [1.82, 2.24) is 5.32 Å². The first-order chi connectivity index (χ1) is 35.0. The van der Waals surface area contributed by atoms with E-state index in [0.717, 1.165) is 51.4 Å². The minimum Gasteiger partial charge on any atom is -0.466 e. The number of esters is 1. The summed E-state index contributed by atoms with van der Waals surface area (Å²) in [7, 11) is 0. The topological polar surface area (TPSA) is 95.9 Å². The highest BCUT2D eigenvalue weighted by Crippen LogP contribution is 2.17. The Labute approximate surface area is 443 Å². The molecular formula is C65H123NO5. The minimum absolute atomic E-state index is 0.000487. The highest BCUT2D eigenvalue weighted by atomic mass is 16.5. The minimum atomic E-state index is -0.851. The predicted octanol–water partition coefficient (Wildman–Crippen LogP) is 20.0. The summed E-state index contributed by atoms with van der Waals surface area (Å²) in [5, 5.41) is 23.2. The Bertz CT molecular complexity index is 1150. The number of rotatable bonds is 59. The summed E-state index contributed by atoms with van der Waals surface area (Å²) in [6.07, 6.45) is 76.1. The molecule has 0 spiro atoms. The zero-order valence-corrected chi connectivity index (χ0v) is 47.7. The first-order valence-corrected chi connectivity index (χ1v) is 31.8. The number of carbonyl (C=O) groups excluding carboxylic acids is 2. The summed E-state index contributed by atoms with van der Waals surface area (Å²) in [4.78, 5) is 24.6. The van der Waals surface area contributed by atoms with Gasteiger partial charge in [0, 0.05) is 12.8 Å². The average molecular weight is 999 g/mol. The van der Waals surface area contributed by atoms with Crippen LogP contribution in [0.15, 0.2) is 36.5 Å². The zero-order valence-electron chi connectivity index (χ0n) is 47.7. The quantitative estimate of drug-likeness (QED) is 0.0321. The Morgan fingerprint density at radius 1 is 0.380 bits per heavy atom. The van der Waals surface area contributed by atoms with E-state index in [-0.39, 0.29) is 18.5 Å². The molecule has 1 amide bonds. The maximum Gasteiger partial charge on any atom is 0.305 e. The van der Waals surface area contributed by atoms with Gasteiger partial charge in [0.1, 0.15) is 0 Å². The number of ether oxygens (including phenoxy) is 1. The van der Waals surface area contributed by atoms with Gasteiger partial charge in [0.2, 0.25) is 5.91 Å². The van der Waals surface area contributed by atoms with Crippen molar-refractivity contribution in [3.8, 4) is 0 Å². The molecular weight excluding hydrogens is 875 g/mol. The van der Waals surface area contributed by atoms with Gasteiger partial charge in [-0.3, -0.25) is 9.59 Å². The number of amides is 1. The number of aliphatic hydroxyl groups is 2. The van der Waals surface area contributed by atoms with E-state index < -0.39 is 12.1 Å². The van der Waals surface area contributed by atoms with E-state index in [1.54, 1.807) is 6.08 Å². The predicted molar refractivity (Wildman–Crippen MR) is 310 cm³/mol. The summed E-state index contributed by atoms with van der Waals surface area (Å²) >= 11 is 0. The molecule has 3 N–H and O–H groups in total. The second-order valence-corrected chi connectivity index (χ2v) is 21.7. The van der Waals surface area contributed by atoms with Crippen molar-refractivity contribution in [2.45, 2.75) is 353 Å². The van der Waals surface area contributed by atoms with Crippen LogP contribution in [0.25, 0.3) is 0 Å². The molecule has 0 aromatic carbocycles. The van der Waals surface area contributed by atoms with E-state index in [1.807, 2.05) is 6.08 Å². The maximum absolute atomic E-state index is 12.5. The Morgan fingerprint density at radius 3 is 1.00 bits per heavy atom. The van der Waals surface area contributed by atoms with Gasteiger partial charge in [-0.2, -0.15) is 0 Å². The number of carbonyl (C=O) groups is 2. The van der Waals surface area contributed by atoms with Crippen LogP contribution in [0.5, 0.6) is 0 Å². The van der Waals surface area contributed by atoms with E-state index in [0.29, 0.717) is 19.4 Å². The standard InChI is InChI=1S/C65H123NO5/c1-3-5-7-9-11-13-15-17-19-21-27-31-35-39-43-47-51-55-59-65(70)71-60-56-52-48-44-40-36-32-28-24-22-23-26-30-34-38-42-46-50-54-58-64(69)66-62(61-67)63(68)57-53-49-45-41-37-33-29-25-20-18-16-14-12-10-8-6-4-2/h19,21-23,53,57,62-63,67-68H,3-18,20,24-52,54-56,58-61H2,1-2H3,(H,66,69)/b21-19-,23-22-,57-53+. The molecule has 0 aromatic rings. The van der Waals surface area contributed by atoms with E-state index in [2.05, 4.69) is 43.5 Å². The van der Waals surface area contributed by atoms with Crippen molar-refractivity contribution in [1.29, 1.82) is 0 Å². The number of nitrogens with one attached hydrogen (secondary N) is 1. The summed E-state index contributed by atoms with van der Waals surface area (Å²) < 4.78 is 5.49. The fourth-order valence-electron chi connectivity index (χ4n) is 9.74. The molecule has 0 heterocycles. The molecule has 0 radical (unpaired) electrons. The lowest BCUT2D eigenvalue weighted by atomic mass is 10.0. The third-order valence-corrected chi connectivity index (χ3v) is 14.6. The van der Waals surface area contributed by atoms with Crippen molar-refractivity contribution in [3.63, 3.8) is 0 Å². The molecule has 0 rings (SSSR count).